The number of nitrogens with zero attached hydrogens (tertiary/aromatic N) is 3. The van der Waals surface area contributed by atoms with Gasteiger partial charge < -0.3 is 20.1 Å². The van der Waals surface area contributed by atoms with Crippen molar-refractivity contribution in [2.45, 2.75) is 44.2 Å². The summed E-state index contributed by atoms with van der Waals surface area (Å²) in [6.07, 6.45) is 5.10. The van der Waals surface area contributed by atoms with Crippen LogP contribution in [0.25, 0.3) is 0 Å². The minimum absolute atomic E-state index is 0.112. The van der Waals surface area contributed by atoms with Crippen molar-refractivity contribution in [1.29, 1.82) is 5.26 Å². The van der Waals surface area contributed by atoms with E-state index in [4.69, 9.17) is 19.9 Å². The molecule has 2 N–H and O–H groups in total. The summed E-state index contributed by atoms with van der Waals surface area (Å²) in [5, 5.41) is 18.9. The molecule has 1 aromatic rings. The fourth-order valence-electron chi connectivity index (χ4n) is 4.50. The number of amides is 2. The minimum atomic E-state index is -0.250. The molecular weight excluding hydrogens is 424 g/mol. The Morgan fingerprint density at radius 3 is 2.36 bits per heavy atom. The normalized spacial score (nSPS) is 22.6. The topological polar surface area (TPSA) is 123 Å². The molecule has 2 amide bonds. The third-order valence-corrected chi connectivity index (χ3v) is 6.49. The first-order valence-electron chi connectivity index (χ1n) is 11.5. The van der Waals surface area contributed by atoms with Gasteiger partial charge in [-0.1, -0.05) is 0 Å². The van der Waals surface area contributed by atoms with Crippen molar-refractivity contribution in [1.82, 2.24) is 15.1 Å². The smallest absolute Gasteiger partial charge is 0.290 e. The summed E-state index contributed by atoms with van der Waals surface area (Å²) in [4.78, 5) is 38.1. The second-order valence-corrected chi connectivity index (χ2v) is 8.73. The van der Waals surface area contributed by atoms with Gasteiger partial charge in [0, 0.05) is 50.2 Å². The highest BCUT2D eigenvalue weighted by Crippen LogP contribution is 2.35. The summed E-state index contributed by atoms with van der Waals surface area (Å²) in [5.74, 6) is 0.853. The van der Waals surface area contributed by atoms with Gasteiger partial charge in [-0.25, -0.2) is 0 Å². The summed E-state index contributed by atoms with van der Waals surface area (Å²) >= 11 is 0. The maximum Gasteiger partial charge on any atom is 0.290 e. The van der Waals surface area contributed by atoms with Gasteiger partial charge in [0.25, 0.3) is 12.4 Å². The van der Waals surface area contributed by atoms with E-state index in [1.54, 1.807) is 24.3 Å². The van der Waals surface area contributed by atoms with E-state index >= 15 is 0 Å². The SMILES string of the molecule is N#Cc1ccc(C(=O)NC[C@@H]2CC[C@H](CC(=O)N3CCOCC3)N2CC2CC2)cc1.O=CO. The van der Waals surface area contributed by atoms with Gasteiger partial charge in [0.05, 0.1) is 24.8 Å². The lowest BCUT2D eigenvalue weighted by atomic mass is 10.1. The second kappa shape index (κ2) is 12.3. The van der Waals surface area contributed by atoms with Crippen molar-refractivity contribution in [2.75, 3.05) is 39.4 Å². The van der Waals surface area contributed by atoms with Crippen molar-refractivity contribution < 1.29 is 24.2 Å². The van der Waals surface area contributed by atoms with Crippen molar-refractivity contribution in [3.63, 3.8) is 0 Å². The first-order valence-corrected chi connectivity index (χ1v) is 11.5. The molecule has 0 radical (unpaired) electrons. The monoisotopic (exact) mass is 456 g/mol. The molecule has 33 heavy (non-hydrogen) atoms. The number of carboxylic acid groups (broad SMARTS) is 1. The summed E-state index contributed by atoms with van der Waals surface area (Å²) in [6.45, 7) is 4.02. The Kier molecular flexibility index (Phi) is 9.22. The molecule has 2 atom stereocenters. The minimum Gasteiger partial charge on any atom is -0.483 e. The molecule has 2 saturated heterocycles. The third kappa shape index (κ3) is 7.27. The van der Waals surface area contributed by atoms with E-state index in [1.807, 2.05) is 4.90 Å². The number of carbonyl (C=O) groups excluding carboxylic acids is 2. The van der Waals surface area contributed by atoms with Gasteiger partial charge in [0.15, 0.2) is 0 Å². The Labute approximate surface area is 194 Å². The van der Waals surface area contributed by atoms with Crippen molar-refractivity contribution >= 4 is 18.3 Å². The predicted octanol–water partition coefficient (Wildman–Crippen LogP) is 1.48. The predicted molar refractivity (Wildman–Crippen MR) is 120 cm³/mol. The Hall–Kier alpha value is -2.96. The maximum absolute atomic E-state index is 12.8. The van der Waals surface area contributed by atoms with E-state index in [1.165, 1.54) is 12.8 Å². The molecule has 3 aliphatic rings. The number of morpholine rings is 1. The molecule has 2 heterocycles. The fourth-order valence-corrected chi connectivity index (χ4v) is 4.50. The summed E-state index contributed by atoms with van der Waals surface area (Å²) in [6, 6.07) is 9.31. The highest BCUT2D eigenvalue weighted by Gasteiger charge is 2.38. The Bertz CT molecular complexity index is 843. The molecule has 1 aliphatic carbocycles. The van der Waals surface area contributed by atoms with Crippen LogP contribution in [0.4, 0.5) is 0 Å². The van der Waals surface area contributed by atoms with Crippen molar-refractivity contribution in [3.05, 3.63) is 35.4 Å². The molecule has 3 fully saturated rings. The number of nitriles is 1. The summed E-state index contributed by atoms with van der Waals surface area (Å²) < 4.78 is 5.36. The molecule has 4 rings (SSSR count). The van der Waals surface area contributed by atoms with Crippen molar-refractivity contribution in [3.8, 4) is 6.07 Å². The Morgan fingerprint density at radius 1 is 1.12 bits per heavy atom. The van der Waals surface area contributed by atoms with Crippen LogP contribution in [0.3, 0.4) is 0 Å². The van der Waals surface area contributed by atoms with E-state index < -0.39 is 0 Å². The lowest BCUT2D eigenvalue weighted by molar-refractivity contribution is -0.136. The number of rotatable bonds is 7. The standard InChI is InChI=1S/C23H30N4O3.CH2O2/c24-14-17-3-5-19(6-4-17)23(29)25-15-21-8-7-20(27(21)16-18-1-2-18)13-22(28)26-9-11-30-12-10-26;2-1-3/h3-6,18,20-21H,1-2,7-13,15-16H2,(H,25,29);1H,(H,2,3)/t20-,21+;/m1./s1. The van der Waals surface area contributed by atoms with Crippen LogP contribution in [-0.4, -0.2) is 84.7 Å². The van der Waals surface area contributed by atoms with Gasteiger partial charge >= 0.3 is 0 Å². The first kappa shape index (κ1) is 24.7. The first-order chi connectivity index (χ1) is 16.0. The van der Waals surface area contributed by atoms with Crippen molar-refractivity contribution in [2.24, 2.45) is 5.92 Å². The number of hydrogen-bond acceptors (Lipinski definition) is 6. The molecule has 9 nitrogen and oxygen atoms in total. The lowest BCUT2D eigenvalue weighted by Crippen LogP contribution is -2.47. The molecule has 0 spiro atoms. The van der Waals surface area contributed by atoms with Crippen LogP contribution in [-0.2, 0) is 14.3 Å². The van der Waals surface area contributed by atoms with Gasteiger partial charge in [-0.05, 0) is 55.9 Å². The number of hydrogen-bond donors (Lipinski definition) is 2. The number of carbonyl (C=O) groups is 3. The number of ether oxygens (including phenoxy) is 1. The van der Waals surface area contributed by atoms with Crippen LogP contribution in [0.15, 0.2) is 24.3 Å². The Balaban J connectivity index is 0.000000968. The number of likely N-dealkylation sites (tertiary alicyclic amines) is 1. The van der Waals surface area contributed by atoms with E-state index in [0.29, 0.717) is 50.4 Å². The van der Waals surface area contributed by atoms with Crippen LogP contribution >= 0.6 is 0 Å². The largest absolute Gasteiger partial charge is 0.483 e. The molecule has 2 aliphatic heterocycles. The summed E-state index contributed by atoms with van der Waals surface area (Å²) in [7, 11) is 0. The highest BCUT2D eigenvalue weighted by atomic mass is 16.5. The van der Waals surface area contributed by atoms with Gasteiger partial charge in [0.1, 0.15) is 0 Å². The van der Waals surface area contributed by atoms with Gasteiger partial charge in [0.2, 0.25) is 5.91 Å². The highest BCUT2D eigenvalue weighted by molar-refractivity contribution is 5.94. The van der Waals surface area contributed by atoms with E-state index in [-0.39, 0.29) is 30.4 Å². The average Bonchev–Trinajstić information content (AvgIpc) is 3.59. The maximum atomic E-state index is 12.8. The van der Waals surface area contributed by atoms with Crippen LogP contribution in [0.5, 0.6) is 0 Å². The molecule has 1 aromatic carbocycles. The zero-order chi connectivity index (χ0) is 23.6. The Morgan fingerprint density at radius 2 is 1.76 bits per heavy atom. The summed E-state index contributed by atoms with van der Waals surface area (Å²) in [5.41, 5.74) is 1.12. The lowest BCUT2D eigenvalue weighted by Gasteiger charge is -2.33. The third-order valence-electron chi connectivity index (χ3n) is 6.49. The second-order valence-electron chi connectivity index (χ2n) is 8.73. The van der Waals surface area contributed by atoms with Crippen LogP contribution in [0.1, 0.15) is 48.0 Å². The van der Waals surface area contributed by atoms with Crippen LogP contribution in [0, 0.1) is 17.2 Å². The molecule has 1 saturated carbocycles. The molecule has 9 heteroatoms. The fraction of sp³-hybridized carbons (Fsp3) is 0.583. The zero-order valence-corrected chi connectivity index (χ0v) is 18.8. The van der Waals surface area contributed by atoms with E-state index in [0.717, 1.165) is 25.3 Å². The van der Waals surface area contributed by atoms with E-state index in [2.05, 4.69) is 16.3 Å². The molecule has 178 valence electrons. The molecule has 0 bridgehead atoms. The van der Waals surface area contributed by atoms with Gasteiger partial charge in [-0.2, -0.15) is 5.26 Å². The number of benzene rings is 1. The van der Waals surface area contributed by atoms with Crippen LogP contribution < -0.4 is 5.32 Å². The molecule has 0 unspecified atom stereocenters. The van der Waals surface area contributed by atoms with Gasteiger partial charge in [-0.3, -0.25) is 19.3 Å². The van der Waals surface area contributed by atoms with E-state index in [9.17, 15) is 9.59 Å². The average molecular weight is 457 g/mol. The molecule has 0 aromatic heterocycles. The zero-order valence-electron chi connectivity index (χ0n) is 18.8. The van der Waals surface area contributed by atoms with Crippen LogP contribution in [0.2, 0.25) is 0 Å². The molecular formula is C24H32N4O5. The quantitative estimate of drug-likeness (QED) is 0.596. The van der Waals surface area contributed by atoms with Gasteiger partial charge in [-0.15, -0.1) is 0 Å². The number of nitrogens with one attached hydrogen (secondary N) is 1.